The van der Waals surface area contributed by atoms with Gasteiger partial charge in [-0.05, 0) is 61.2 Å². The number of amides is 1. The van der Waals surface area contributed by atoms with Crippen molar-refractivity contribution in [3.8, 4) is 0 Å². The molecule has 8 heteroatoms. The zero-order chi connectivity index (χ0) is 23.9. The molecule has 2 unspecified atom stereocenters. The average molecular weight is 492 g/mol. The number of fused-ring (bicyclic) bond motifs is 3. The van der Waals surface area contributed by atoms with Crippen molar-refractivity contribution in [1.82, 2.24) is 5.32 Å². The molecule has 2 aromatic rings. The molecule has 1 N–H and O–H groups in total. The topological polar surface area (TPSA) is 35.6 Å². The van der Waals surface area contributed by atoms with Gasteiger partial charge in [0.2, 0.25) is 5.91 Å². The van der Waals surface area contributed by atoms with Gasteiger partial charge in [0.25, 0.3) is 0 Å². The minimum Gasteiger partial charge on any atom is -0.368 e. The predicted molar refractivity (Wildman–Crippen MR) is 128 cm³/mol. The van der Waals surface area contributed by atoms with Crippen LogP contribution in [0.4, 0.5) is 24.5 Å². The first-order valence-corrected chi connectivity index (χ1v) is 12.4. The summed E-state index contributed by atoms with van der Waals surface area (Å²) < 4.78 is 40.3. The third kappa shape index (κ3) is 4.72. The average Bonchev–Trinajstić information content (AvgIpc) is 2.83. The number of anilines is 2. The summed E-state index contributed by atoms with van der Waals surface area (Å²) in [5.41, 5.74) is 1.75. The number of rotatable bonds is 3. The molecule has 1 aliphatic carbocycles. The van der Waals surface area contributed by atoms with Crippen LogP contribution < -0.4 is 15.1 Å². The lowest BCUT2D eigenvalue weighted by atomic mass is 9.82. The number of hydrogen-bond donors (Lipinski definition) is 1. The van der Waals surface area contributed by atoms with Crippen LogP contribution in [0.2, 0.25) is 5.02 Å². The zero-order valence-electron chi connectivity index (χ0n) is 19.0. The zero-order valence-corrected chi connectivity index (χ0v) is 19.7. The number of halogens is 4. The molecule has 2 heterocycles. The molecule has 3 aliphatic rings. The van der Waals surface area contributed by atoms with Gasteiger partial charge < -0.3 is 15.1 Å². The SMILES string of the molecule is O=C(NC1CCCCC1)C1Cc2cc(C(F)(F)F)ccc2N2CCN(c3cccc(Cl)c3)CC12. The second-order valence-electron chi connectivity index (χ2n) is 9.68. The Labute approximate surface area is 203 Å². The quantitative estimate of drug-likeness (QED) is 0.600. The lowest BCUT2D eigenvalue weighted by Crippen LogP contribution is -2.61. The Balaban J connectivity index is 1.45. The molecule has 2 aromatic carbocycles. The fraction of sp³-hybridized carbons (Fsp3) is 0.500. The van der Waals surface area contributed by atoms with E-state index in [2.05, 4.69) is 15.1 Å². The molecule has 2 atom stereocenters. The van der Waals surface area contributed by atoms with Crippen molar-refractivity contribution in [2.75, 3.05) is 29.4 Å². The van der Waals surface area contributed by atoms with Crippen molar-refractivity contribution in [2.45, 2.75) is 56.8 Å². The van der Waals surface area contributed by atoms with E-state index in [4.69, 9.17) is 11.6 Å². The van der Waals surface area contributed by atoms with Gasteiger partial charge in [0, 0.05) is 42.1 Å². The van der Waals surface area contributed by atoms with E-state index in [9.17, 15) is 18.0 Å². The molecular formula is C26H29ClF3N3O. The van der Waals surface area contributed by atoms with E-state index in [1.54, 1.807) is 6.07 Å². The van der Waals surface area contributed by atoms with Crippen LogP contribution in [0.15, 0.2) is 42.5 Å². The molecule has 2 aliphatic heterocycles. The minimum atomic E-state index is -4.41. The lowest BCUT2D eigenvalue weighted by molar-refractivity contribution is -0.137. The molecule has 0 bridgehead atoms. The molecule has 182 valence electrons. The summed E-state index contributed by atoms with van der Waals surface area (Å²) in [4.78, 5) is 17.9. The number of piperazine rings is 1. The van der Waals surface area contributed by atoms with Crippen LogP contribution in [0.1, 0.15) is 43.2 Å². The van der Waals surface area contributed by atoms with Gasteiger partial charge in [0.1, 0.15) is 0 Å². The van der Waals surface area contributed by atoms with E-state index in [0.717, 1.165) is 43.1 Å². The summed E-state index contributed by atoms with van der Waals surface area (Å²) in [6, 6.07) is 11.7. The smallest absolute Gasteiger partial charge is 0.368 e. The highest BCUT2D eigenvalue weighted by molar-refractivity contribution is 6.30. The molecule has 0 spiro atoms. The molecule has 1 saturated heterocycles. The summed E-state index contributed by atoms with van der Waals surface area (Å²) in [6.45, 7) is 1.95. The van der Waals surface area contributed by atoms with Crippen LogP contribution in [-0.2, 0) is 17.4 Å². The maximum Gasteiger partial charge on any atom is 0.416 e. The van der Waals surface area contributed by atoms with Crippen LogP contribution in [0.25, 0.3) is 0 Å². The second-order valence-corrected chi connectivity index (χ2v) is 10.1. The lowest BCUT2D eigenvalue weighted by Gasteiger charge is -2.50. The largest absolute Gasteiger partial charge is 0.416 e. The predicted octanol–water partition coefficient (Wildman–Crippen LogP) is 5.68. The Morgan fingerprint density at radius 1 is 1.03 bits per heavy atom. The van der Waals surface area contributed by atoms with Crippen molar-refractivity contribution < 1.29 is 18.0 Å². The van der Waals surface area contributed by atoms with E-state index >= 15 is 0 Å². The standard InChI is InChI=1S/C26H29ClF3N3O/c27-19-5-4-8-21(15-19)32-11-12-33-23-10-9-18(26(28,29)30)13-17(23)14-22(24(33)16-32)25(34)31-20-6-2-1-3-7-20/h4-5,8-10,13,15,20,22,24H,1-3,6-7,11-12,14,16H2,(H,31,34). The Morgan fingerprint density at radius 3 is 2.56 bits per heavy atom. The summed E-state index contributed by atoms with van der Waals surface area (Å²) in [7, 11) is 0. The number of carbonyl (C=O) groups is 1. The summed E-state index contributed by atoms with van der Waals surface area (Å²) in [5.74, 6) is -0.460. The van der Waals surface area contributed by atoms with Gasteiger partial charge in [-0.15, -0.1) is 0 Å². The Morgan fingerprint density at radius 2 is 1.82 bits per heavy atom. The molecule has 2 fully saturated rings. The fourth-order valence-corrected chi connectivity index (χ4v) is 5.95. The van der Waals surface area contributed by atoms with Crippen LogP contribution in [0.3, 0.4) is 0 Å². The molecular weight excluding hydrogens is 463 g/mol. The van der Waals surface area contributed by atoms with E-state index in [1.165, 1.54) is 12.5 Å². The first-order valence-electron chi connectivity index (χ1n) is 12.1. The van der Waals surface area contributed by atoms with E-state index in [0.29, 0.717) is 36.6 Å². The highest BCUT2D eigenvalue weighted by Gasteiger charge is 2.43. The first-order chi connectivity index (χ1) is 16.3. The maximum atomic E-state index is 13.5. The molecule has 0 aromatic heterocycles. The summed E-state index contributed by atoms with van der Waals surface area (Å²) >= 11 is 6.21. The summed E-state index contributed by atoms with van der Waals surface area (Å²) in [6.07, 6.45) is 1.23. The van der Waals surface area contributed by atoms with Gasteiger partial charge in [-0.2, -0.15) is 13.2 Å². The minimum absolute atomic E-state index is 0.0436. The number of hydrogen-bond acceptors (Lipinski definition) is 3. The highest BCUT2D eigenvalue weighted by Crippen LogP contribution is 2.40. The second kappa shape index (κ2) is 9.33. The summed E-state index contributed by atoms with van der Waals surface area (Å²) in [5, 5.41) is 3.89. The molecule has 34 heavy (non-hydrogen) atoms. The van der Waals surface area contributed by atoms with Crippen LogP contribution >= 0.6 is 11.6 Å². The van der Waals surface area contributed by atoms with Crippen molar-refractivity contribution in [3.63, 3.8) is 0 Å². The highest BCUT2D eigenvalue weighted by atomic mass is 35.5. The van der Waals surface area contributed by atoms with Crippen LogP contribution in [-0.4, -0.2) is 37.6 Å². The van der Waals surface area contributed by atoms with Gasteiger partial charge in [-0.1, -0.05) is 36.9 Å². The molecule has 5 rings (SSSR count). The van der Waals surface area contributed by atoms with Gasteiger partial charge in [-0.25, -0.2) is 0 Å². The number of benzene rings is 2. The van der Waals surface area contributed by atoms with Gasteiger partial charge in [0.05, 0.1) is 17.5 Å². The van der Waals surface area contributed by atoms with Gasteiger partial charge in [-0.3, -0.25) is 4.79 Å². The van der Waals surface area contributed by atoms with E-state index in [1.807, 2.05) is 24.3 Å². The van der Waals surface area contributed by atoms with Crippen molar-refractivity contribution in [2.24, 2.45) is 5.92 Å². The maximum absolute atomic E-state index is 13.5. The molecule has 1 amide bonds. The number of nitrogens with one attached hydrogen (secondary N) is 1. The van der Waals surface area contributed by atoms with Crippen molar-refractivity contribution >= 4 is 28.9 Å². The van der Waals surface area contributed by atoms with E-state index < -0.39 is 17.7 Å². The number of alkyl halides is 3. The molecule has 1 saturated carbocycles. The monoisotopic (exact) mass is 491 g/mol. The third-order valence-corrected chi connectivity index (χ3v) is 7.74. The fourth-order valence-electron chi connectivity index (χ4n) is 5.76. The Kier molecular flexibility index (Phi) is 6.40. The number of nitrogens with zero attached hydrogens (tertiary/aromatic N) is 2. The van der Waals surface area contributed by atoms with Crippen LogP contribution in [0.5, 0.6) is 0 Å². The Bertz CT molecular complexity index is 1050. The van der Waals surface area contributed by atoms with Crippen LogP contribution in [0, 0.1) is 5.92 Å². The van der Waals surface area contributed by atoms with Crippen molar-refractivity contribution in [1.29, 1.82) is 0 Å². The molecule has 0 radical (unpaired) electrons. The number of carbonyl (C=O) groups excluding carboxylic acids is 1. The molecule has 4 nitrogen and oxygen atoms in total. The first kappa shape index (κ1) is 23.3. The van der Waals surface area contributed by atoms with Gasteiger partial charge in [0.15, 0.2) is 0 Å². The van der Waals surface area contributed by atoms with Gasteiger partial charge >= 0.3 is 6.18 Å². The Hall–Kier alpha value is -2.41. The third-order valence-electron chi connectivity index (χ3n) is 7.50. The normalized spacial score (nSPS) is 23.3. The van der Waals surface area contributed by atoms with E-state index in [-0.39, 0.29) is 18.0 Å². The van der Waals surface area contributed by atoms with Crippen molar-refractivity contribution in [3.05, 3.63) is 58.6 Å².